The average molecular weight is 301 g/mol. The fourth-order valence-electron chi connectivity index (χ4n) is 3.04. The predicted octanol–water partition coefficient (Wildman–Crippen LogP) is 1.81. The molecule has 0 aromatic rings. The largest absolute Gasteiger partial charge is 0.480 e. The third kappa shape index (κ3) is 2.81. The van der Waals surface area contributed by atoms with E-state index in [4.69, 9.17) is 4.74 Å². The zero-order chi connectivity index (χ0) is 14.9. The van der Waals surface area contributed by atoms with Crippen molar-refractivity contribution >= 4 is 23.6 Å². The topological polar surface area (TPSA) is 66.8 Å². The van der Waals surface area contributed by atoms with E-state index in [0.29, 0.717) is 18.8 Å². The van der Waals surface area contributed by atoms with E-state index < -0.39 is 12.0 Å². The molecule has 2 saturated heterocycles. The van der Waals surface area contributed by atoms with Crippen LogP contribution in [-0.2, 0) is 14.3 Å². The Hall–Kier alpha value is -0.750. The van der Waals surface area contributed by atoms with E-state index in [9.17, 15) is 14.7 Å². The summed E-state index contributed by atoms with van der Waals surface area (Å²) in [6, 6.07) is -0.696. The number of aliphatic carboxylic acids is 1. The number of hydrogen-bond donors (Lipinski definition) is 1. The van der Waals surface area contributed by atoms with Crippen LogP contribution < -0.4 is 0 Å². The lowest BCUT2D eigenvalue weighted by Gasteiger charge is -2.32. The molecule has 0 bridgehead atoms. The molecular weight excluding hydrogens is 278 g/mol. The SMILES string of the molecule is CCC1OCCC1C(=O)N1C(C(=O)O)CSC1C(C)C. The Bertz CT molecular complexity index is 387. The van der Waals surface area contributed by atoms with E-state index in [-0.39, 0.29) is 29.2 Å². The van der Waals surface area contributed by atoms with Gasteiger partial charge in [-0.05, 0) is 18.8 Å². The summed E-state index contributed by atoms with van der Waals surface area (Å²) in [6.07, 6.45) is 1.44. The molecule has 4 unspecified atom stereocenters. The smallest absolute Gasteiger partial charge is 0.327 e. The number of hydrogen-bond acceptors (Lipinski definition) is 4. The third-order valence-corrected chi connectivity index (χ3v) is 5.69. The Kier molecular flexibility index (Phi) is 4.96. The maximum absolute atomic E-state index is 12.8. The van der Waals surface area contributed by atoms with E-state index in [1.165, 1.54) is 0 Å². The fourth-order valence-corrected chi connectivity index (χ4v) is 4.51. The maximum atomic E-state index is 12.8. The highest BCUT2D eigenvalue weighted by Crippen LogP contribution is 2.37. The first-order valence-electron chi connectivity index (χ1n) is 7.25. The van der Waals surface area contributed by atoms with Crippen LogP contribution in [0.15, 0.2) is 0 Å². The van der Waals surface area contributed by atoms with Crippen LogP contribution in [0.4, 0.5) is 0 Å². The quantitative estimate of drug-likeness (QED) is 0.858. The Morgan fingerprint density at radius 3 is 2.70 bits per heavy atom. The first-order chi connectivity index (χ1) is 9.47. The van der Waals surface area contributed by atoms with Crippen LogP contribution >= 0.6 is 11.8 Å². The number of carboxylic acids is 1. The van der Waals surface area contributed by atoms with Crippen molar-refractivity contribution in [2.24, 2.45) is 11.8 Å². The Morgan fingerprint density at radius 2 is 2.15 bits per heavy atom. The van der Waals surface area contributed by atoms with E-state index in [1.807, 2.05) is 20.8 Å². The predicted molar refractivity (Wildman–Crippen MR) is 77.5 cm³/mol. The number of thioether (sulfide) groups is 1. The van der Waals surface area contributed by atoms with Gasteiger partial charge in [-0.1, -0.05) is 20.8 Å². The first kappa shape index (κ1) is 15.6. The molecule has 0 spiro atoms. The van der Waals surface area contributed by atoms with Crippen molar-refractivity contribution in [2.75, 3.05) is 12.4 Å². The van der Waals surface area contributed by atoms with Crippen LogP contribution in [0, 0.1) is 11.8 Å². The van der Waals surface area contributed by atoms with Crippen molar-refractivity contribution in [3.8, 4) is 0 Å². The summed E-state index contributed by atoms with van der Waals surface area (Å²) in [5, 5.41) is 9.32. The number of nitrogens with zero attached hydrogens (tertiary/aromatic N) is 1. The summed E-state index contributed by atoms with van der Waals surface area (Å²) < 4.78 is 5.59. The van der Waals surface area contributed by atoms with Crippen molar-refractivity contribution in [1.82, 2.24) is 4.90 Å². The second-order valence-electron chi connectivity index (χ2n) is 5.78. The molecule has 20 heavy (non-hydrogen) atoms. The molecule has 2 aliphatic rings. The Labute approximate surface area is 124 Å². The van der Waals surface area contributed by atoms with Gasteiger partial charge in [-0.25, -0.2) is 4.79 Å². The van der Waals surface area contributed by atoms with Crippen LogP contribution in [0.3, 0.4) is 0 Å². The summed E-state index contributed by atoms with van der Waals surface area (Å²) in [5.41, 5.74) is 0. The van der Waals surface area contributed by atoms with E-state index in [1.54, 1.807) is 16.7 Å². The van der Waals surface area contributed by atoms with Crippen LogP contribution in [0.5, 0.6) is 0 Å². The van der Waals surface area contributed by atoms with Gasteiger partial charge >= 0.3 is 5.97 Å². The van der Waals surface area contributed by atoms with Gasteiger partial charge in [0.2, 0.25) is 5.91 Å². The Morgan fingerprint density at radius 1 is 1.45 bits per heavy atom. The molecule has 2 rings (SSSR count). The van der Waals surface area contributed by atoms with Gasteiger partial charge in [0.1, 0.15) is 6.04 Å². The molecule has 2 heterocycles. The molecule has 2 fully saturated rings. The monoisotopic (exact) mass is 301 g/mol. The van der Waals surface area contributed by atoms with Gasteiger partial charge in [-0.2, -0.15) is 0 Å². The van der Waals surface area contributed by atoms with Crippen LogP contribution in [0.2, 0.25) is 0 Å². The van der Waals surface area contributed by atoms with Crippen molar-refractivity contribution in [2.45, 2.75) is 51.1 Å². The lowest BCUT2D eigenvalue weighted by molar-refractivity contribution is -0.152. The van der Waals surface area contributed by atoms with Gasteiger partial charge in [0, 0.05) is 12.4 Å². The molecule has 0 aromatic heterocycles. The highest BCUT2D eigenvalue weighted by molar-refractivity contribution is 8.00. The minimum absolute atomic E-state index is 0.0366. The van der Waals surface area contributed by atoms with Gasteiger partial charge in [0.15, 0.2) is 0 Å². The zero-order valence-electron chi connectivity index (χ0n) is 12.2. The van der Waals surface area contributed by atoms with Crippen LogP contribution in [0.1, 0.15) is 33.6 Å². The highest BCUT2D eigenvalue weighted by Gasteiger charge is 2.47. The highest BCUT2D eigenvalue weighted by atomic mass is 32.2. The lowest BCUT2D eigenvalue weighted by atomic mass is 9.96. The minimum atomic E-state index is -0.902. The van der Waals surface area contributed by atoms with Crippen molar-refractivity contribution < 1.29 is 19.4 Å². The number of ether oxygens (including phenoxy) is 1. The van der Waals surface area contributed by atoms with Crippen LogP contribution in [0.25, 0.3) is 0 Å². The number of amides is 1. The normalized spacial score (nSPS) is 33.9. The molecule has 114 valence electrons. The number of carboxylic acid groups (broad SMARTS) is 1. The van der Waals surface area contributed by atoms with E-state index in [2.05, 4.69) is 0 Å². The van der Waals surface area contributed by atoms with Gasteiger partial charge in [0.25, 0.3) is 0 Å². The number of rotatable bonds is 4. The zero-order valence-corrected chi connectivity index (χ0v) is 13.1. The number of carbonyl (C=O) groups excluding carboxylic acids is 1. The molecule has 4 atom stereocenters. The summed E-state index contributed by atoms with van der Waals surface area (Å²) in [6.45, 7) is 6.67. The fraction of sp³-hybridized carbons (Fsp3) is 0.857. The van der Waals surface area contributed by atoms with Gasteiger partial charge in [-0.3, -0.25) is 4.79 Å². The molecule has 5 nitrogen and oxygen atoms in total. The molecule has 0 radical (unpaired) electrons. The lowest BCUT2D eigenvalue weighted by Crippen LogP contribution is -2.50. The first-order valence-corrected chi connectivity index (χ1v) is 8.30. The summed E-state index contributed by atoms with van der Waals surface area (Å²) >= 11 is 1.57. The minimum Gasteiger partial charge on any atom is -0.480 e. The Balaban J connectivity index is 2.20. The summed E-state index contributed by atoms with van der Waals surface area (Å²) in [7, 11) is 0. The summed E-state index contributed by atoms with van der Waals surface area (Å²) in [5.74, 6) is -0.391. The molecule has 6 heteroatoms. The maximum Gasteiger partial charge on any atom is 0.327 e. The molecular formula is C14H23NO4S. The number of carbonyl (C=O) groups is 2. The molecule has 1 amide bonds. The molecule has 0 saturated carbocycles. The van der Waals surface area contributed by atoms with Crippen molar-refractivity contribution in [3.63, 3.8) is 0 Å². The van der Waals surface area contributed by atoms with Gasteiger partial charge < -0.3 is 14.7 Å². The standard InChI is InChI=1S/C14H23NO4S/c1-4-11-9(5-6-19-11)12(16)15-10(14(17)18)7-20-13(15)8(2)3/h8-11,13H,4-7H2,1-3H3,(H,17,18). The van der Waals surface area contributed by atoms with Crippen molar-refractivity contribution in [1.29, 1.82) is 0 Å². The van der Waals surface area contributed by atoms with E-state index in [0.717, 1.165) is 6.42 Å². The van der Waals surface area contributed by atoms with Gasteiger partial charge in [-0.15, -0.1) is 11.8 Å². The van der Waals surface area contributed by atoms with Gasteiger partial charge in [0.05, 0.1) is 17.4 Å². The van der Waals surface area contributed by atoms with E-state index >= 15 is 0 Å². The second-order valence-corrected chi connectivity index (χ2v) is 6.93. The van der Waals surface area contributed by atoms with Crippen LogP contribution in [-0.4, -0.2) is 51.8 Å². The molecule has 0 aromatic carbocycles. The molecule has 0 aliphatic carbocycles. The second kappa shape index (κ2) is 6.35. The molecule has 2 aliphatic heterocycles. The molecule has 1 N–H and O–H groups in total. The third-order valence-electron chi connectivity index (χ3n) is 4.07. The summed E-state index contributed by atoms with van der Waals surface area (Å²) in [4.78, 5) is 25.8. The average Bonchev–Trinajstić information content (AvgIpc) is 3.03. The van der Waals surface area contributed by atoms with Crippen molar-refractivity contribution in [3.05, 3.63) is 0 Å².